The van der Waals surface area contributed by atoms with Crippen LogP contribution in [0.2, 0.25) is 0 Å². The summed E-state index contributed by atoms with van der Waals surface area (Å²) in [6, 6.07) is 6.91. The molecule has 19 heavy (non-hydrogen) atoms. The number of hydrogen-bond acceptors (Lipinski definition) is 2. The van der Waals surface area contributed by atoms with Crippen LogP contribution in [-0.4, -0.2) is 15.6 Å². The van der Waals surface area contributed by atoms with Crippen LogP contribution in [0.15, 0.2) is 18.2 Å². The summed E-state index contributed by atoms with van der Waals surface area (Å²) in [4.78, 5) is 4.80. The molecule has 1 aliphatic rings. The molecule has 3 nitrogen and oxygen atoms in total. The third-order valence-corrected chi connectivity index (χ3v) is 4.67. The molecule has 3 heteroatoms. The molecule has 1 aliphatic carbocycles. The molecular formula is C16H23N3. The van der Waals surface area contributed by atoms with Crippen molar-refractivity contribution in [3.63, 3.8) is 0 Å². The Morgan fingerprint density at radius 1 is 1.26 bits per heavy atom. The Hall–Kier alpha value is -1.35. The molecule has 3 rings (SSSR count). The van der Waals surface area contributed by atoms with Crippen molar-refractivity contribution < 1.29 is 0 Å². The average molecular weight is 257 g/mol. The van der Waals surface area contributed by atoms with E-state index in [-0.39, 0.29) is 11.5 Å². The first-order valence-electron chi connectivity index (χ1n) is 7.18. The molecule has 1 aromatic carbocycles. The van der Waals surface area contributed by atoms with Crippen LogP contribution in [0, 0.1) is 0 Å². The normalized spacial score (nSPS) is 19.1. The summed E-state index contributed by atoms with van der Waals surface area (Å²) in [5.41, 5.74) is 10.1. The van der Waals surface area contributed by atoms with E-state index >= 15 is 0 Å². The fourth-order valence-electron chi connectivity index (χ4n) is 3.19. The highest BCUT2D eigenvalue weighted by molar-refractivity contribution is 5.77. The summed E-state index contributed by atoms with van der Waals surface area (Å²) in [5, 5.41) is 0. The number of imidazole rings is 1. The zero-order valence-corrected chi connectivity index (χ0v) is 12.3. The van der Waals surface area contributed by atoms with Gasteiger partial charge in [-0.2, -0.15) is 0 Å². The molecule has 1 aromatic heterocycles. The molecule has 1 atom stereocenters. The van der Waals surface area contributed by atoms with Crippen molar-refractivity contribution in [2.75, 3.05) is 0 Å². The molecule has 0 amide bonds. The van der Waals surface area contributed by atoms with Crippen molar-refractivity contribution in [3.8, 4) is 0 Å². The van der Waals surface area contributed by atoms with Crippen LogP contribution in [-0.2, 0) is 12.5 Å². The van der Waals surface area contributed by atoms with Gasteiger partial charge < -0.3 is 10.3 Å². The van der Waals surface area contributed by atoms with E-state index in [0.29, 0.717) is 5.92 Å². The number of fused-ring (bicyclic) bond motifs is 1. The van der Waals surface area contributed by atoms with Crippen LogP contribution in [0.5, 0.6) is 0 Å². The van der Waals surface area contributed by atoms with Crippen LogP contribution in [0.25, 0.3) is 11.0 Å². The van der Waals surface area contributed by atoms with E-state index in [1.54, 1.807) is 0 Å². The molecule has 2 N–H and O–H groups in total. The monoisotopic (exact) mass is 257 g/mol. The van der Waals surface area contributed by atoms with E-state index in [0.717, 1.165) is 11.3 Å². The maximum Gasteiger partial charge on any atom is 0.112 e. The highest BCUT2D eigenvalue weighted by Gasteiger charge is 2.47. The molecule has 0 bridgehead atoms. The van der Waals surface area contributed by atoms with Gasteiger partial charge in [0.1, 0.15) is 5.82 Å². The topological polar surface area (TPSA) is 43.8 Å². The van der Waals surface area contributed by atoms with Crippen LogP contribution in [0.4, 0.5) is 0 Å². The van der Waals surface area contributed by atoms with Crippen LogP contribution in [0.3, 0.4) is 0 Å². The van der Waals surface area contributed by atoms with Gasteiger partial charge in [-0.1, -0.05) is 19.9 Å². The summed E-state index contributed by atoms with van der Waals surface area (Å²) in [5.74, 6) is 1.60. The van der Waals surface area contributed by atoms with Gasteiger partial charge in [-0.15, -0.1) is 0 Å². The summed E-state index contributed by atoms with van der Waals surface area (Å²) >= 11 is 0. The van der Waals surface area contributed by atoms with Gasteiger partial charge >= 0.3 is 0 Å². The lowest BCUT2D eigenvalue weighted by Gasteiger charge is -2.19. The molecule has 0 radical (unpaired) electrons. The van der Waals surface area contributed by atoms with Gasteiger partial charge in [0.15, 0.2) is 0 Å². The predicted molar refractivity (Wildman–Crippen MR) is 79.4 cm³/mol. The standard InChI is InChI=1S/C16H23N3/c1-10(2)15-18-13-9-12(5-6-14(13)19(15)4)16(7-8-16)11(3)17/h5-6,9-11H,7-8,17H2,1-4H3. The summed E-state index contributed by atoms with van der Waals surface area (Å²) in [6.07, 6.45) is 2.42. The van der Waals surface area contributed by atoms with Gasteiger partial charge in [-0.25, -0.2) is 4.98 Å². The first-order valence-corrected chi connectivity index (χ1v) is 7.18. The van der Waals surface area contributed by atoms with Gasteiger partial charge in [0.25, 0.3) is 0 Å². The van der Waals surface area contributed by atoms with Gasteiger partial charge in [-0.3, -0.25) is 0 Å². The number of aryl methyl sites for hydroxylation is 1. The molecular weight excluding hydrogens is 234 g/mol. The number of aromatic nitrogens is 2. The maximum absolute atomic E-state index is 6.17. The molecule has 0 saturated heterocycles. The molecule has 1 fully saturated rings. The Labute approximate surface area is 114 Å². The number of nitrogens with two attached hydrogens (primary N) is 1. The second-order valence-electron chi connectivity index (χ2n) is 6.33. The zero-order chi connectivity index (χ0) is 13.8. The number of hydrogen-bond donors (Lipinski definition) is 1. The smallest absolute Gasteiger partial charge is 0.112 e. The third kappa shape index (κ3) is 1.79. The van der Waals surface area contributed by atoms with E-state index in [4.69, 9.17) is 10.7 Å². The van der Waals surface area contributed by atoms with E-state index in [1.807, 2.05) is 0 Å². The fraction of sp³-hybridized carbons (Fsp3) is 0.562. The summed E-state index contributed by atoms with van der Waals surface area (Å²) < 4.78 is 2.20. The Balaban J connectivity index is 2.12. The number of rotatable bonds is 3. The fourth-order valence-corrected chi connectivity index (χ4v) is 3.19. The molecule has 0 aliphatic heterocycles. The van der Waals surface area contributed by atoms with E-state index in [9.17, 15) is 0 Å². The van der Waals surface area contributed by atoms with Gasteiger partial charge in [-0.05, 0) is 37.5 Å². The van der Waals surface area contributed by atoms with E-state index < -0.39 is 0 Å². The second-order valence-corrected chi connectivity index (χ2v) is 6.33. The first-order chi connectivity index (χ1) is 8.95. The molecule has 1 heterocycles. The molecule has 2 aromatic rings. The lowest BCUT2D eigenvalue weighted by Crippen LogP contribution is -2.31. The van der Waals surface area contributed by atoms with Crippen molar-refractivity contribution in [3.05, 3.63) is 29.6 Å². The summed E-state index contributed by atoms with van der Waals surface area (Å²) in [6.45, 7) is 6.49. The first kappa shape index (κ1) is 12.7. The Kier molecular flexibility index (Phi) is 2.72. The number of nitrogens with zero attached hydrogens (tertiary/aromatic N) is 2. The minimum Gasteiger partial charge on any atom is -0.331 e. The van der Waals surface area contributed by atoms with E-state index in [1.165, 1.54) is 23.9 Å². The second kappa shape index (κ2) is 4.07. The Morgan fingerprint density at radius 3 is 2.47 bits per heavy atom. The van der Waals surface area contributed by atoms with Crippen LogP contribution >= 0.6 is 0 Å². The third-order valence-electron chi connectivity index (χ3n) is 4.67. The quantitative estimate of drug-likeness (QED) is 0.918. The zero-order valence-electron chi connectivity index (χ0n) is 12.3. The van der Waals surface area contributed by atoms with Crippen LogP contribution in [0.1, 0.15) is 50.9 Å². The predicted octanol–water partition coefficient (Wildman–Crippen LogP) is 3.08. The summed E-state index contributed by atoms with van der Waals surface area (Å²) in [7, 11) is 2.10. The molecule has 0 spiro atoms. The Bertz CT molecular complexity index is 618. The van der Waals surface area contributed by atoms with Crippen molar-refractivity contribution in [2.45, 2.75) is 51.0 Å². The van der Waals surface area contributed by atoms with E-state index in [2.05, 4.69) is 50.6 Å². The van der Waals surface area contributed by atoms with Gasteiger partial charge in [0, 0.05) is 24.4 Å². The van der Waals surface area contributed by atoms with Gasteiger partial charge in [0.05, 0.1) is 11.0 Å². The SMILES string of the molecule is CC(C)c1nc2cc(C3(C(C)N)CC3)ccc2n1C. The highest BCUT2D eigenvalue weighted by atomic mass is 15.1. The van der Waals surface area contributed by atoms with Crippen molar-refractivity contribution in [1.82, 2.24) is 9.55 Å². The largest absolute Gasteiger partial charge is 0.331 e. The number of benzene rings is 1. The van der Waals surface area contributed by atoms with Gasteiger partial charge in [0.2, 0.25) is 0 Å². The lowest BCUT2D eigenvalue weighted by atomic mass is 9.89. The highest BCUT2D eigenvalue weighted by Crippen LogP contribution is 2.50. The maximum atomic E-state index is 6.17. The van der Waals surface area contributed by atoms with Crippen molar-refractivity contribution >= 4 is 11.0 Å². The molecule has 1 saturated carbocycles. The molecule has 1 unspecified atom stereocenters. The van der Waals surface area contributed by atoms with Crippen molar-refractivity contribution in [1.29, 1.82) is 0 Å². The van der Waals surface area contributed by atoms with Crippen molar-refractivity contribution in [2.24, 2.45) is 12.8 Å². The minimum absolute atomic E-state index is 0.212. The molecule has 102 valence electrons. The van der Waals surface area contributed by atoms with Crippen LogP contribution < -0.4 is 5.73 Å². The lowest BCUT2D eigenvalue weighted by molar-refractivity contribution is 0.557. The minimum atomic E-state index is 0.212. The Morgan fingerprint density at radius 2 is 1.95 bits per heavy atom. The average Bonchev–Trinajstić information content (AvgIpc) is 3.10.